The first-order valence-electron chi connectivity index (χ1n) is 2.43. The van der Waals surface area contributed by atoms with Gasteiger partial charge in [0.15, 0.2) is 0 Å². The molecule has 0 aromatic rings. The summed E-state index contributed by atoms with van der Waals surface area (Å²) in [6, 6.07) is 0. The van der Waals surface area contributed by atoms with E-state index in [1.54, 1.807) is 7.11 Å². The Morgan fingerprint density at radius 2 is 1.62 bits per heavy atom. The van der Waals surface area contributed by atoms with Crippen LogP contribution in [0.4, 0.5) is 0 Å². The van der Waals surface area contributed by atoms with Crippen LogP contribution in [0.5, 0.6) is 0 Å². The van der Waals surface area contributed by atoms with Crippen LogP contribution in [-0.4, -0.2) is 12.6 Å². The van der Waals surface area contributed by atoms with E-state index in [0.717, 1.165) is 0 Å². The van der Waals surface area contributed by atoms with E-state index < -0.39 is 0 Å². The minimum absolute atomic E-state index is 0. The van der Waals surface area contributed by atoms with E-state index in [1.165, 1.54) is 0 Å². The van der Waals surface area contributed by atoms with Crippen LogP contribution in [0.25, 0.3) is 0 Å². The Kier molecular flexibility index (Phi) is 5.12. The quantitative estimate of drug-likeness (QED) is 0.367. The molecule has 0 bridgehead atoms. The van der Waals surface area contributed by atoms with Crippen molar-refractivity contribution < 1.29 is 15.0 Å². The summed E-state index contributed by atoms with van der Waals surface area (Å²) >= 11 is 0. The fourth-order valence-electron chi connectivity index (χ4n) is 0.354. The van der Waals surface area contributed by atoms with Crippen molar-refractivity contribution in [1.82, 2.24) is 0 Å². The van der Waals surface area contributed by atoms with Crippen molar-refractivity contribution in [2.45, 2.75) is 26.3 Å². The van der Waals surface area contributed by atoms with E-state index >= 15 is 0 Å². The Hall–Kier alpha value is -0.150. The van der Waals surface area contributed by atoms with Crippen LogP contribution in [-0.2, 0) is 4.84 Å². The normalized spacial score (nSPS) is 10.5. The first-order valence-corrected chi connectivity index (χ1v) is 2.43. The van der Waals surface area contributed by atoms with E-state index in [9.17, 15) is 0 Å². The van der Waals surface area contributed by atoms with E-state index in [-0.39, 0.29) is 10.2 Å². The monoisotopic (exact) mass is 123 g/mol. The predicted octanol–water partition coefficient (Wildman–Crippen LogP) is -3.09. The molecule has 2 nitrogen and oxygen atoms in total. The van der Waals surface area contributed by atoms with Gasteiger partial charge in [0.1, 0.15) is 5.54 Å². The van der Waals surface area contributed by atoms with Crippen molar-refractivity contribution in [3.05, 3.63) is 0 Å². The smallest absolute Gasteiger partial charge is 0.117 e. The Bertz CT molecular complexity index is 50.9. The Morgan fingerprint density at radius 3 is 1.62 bits per heavy atom. The van der Waals surface area contributed by atoms with Crippen molar-refractivity contribution in [2.24, 2.45) is 0 Å². The van der Waals surface area contributed by atoms with Crippen molar-refractivity contribution >= 4 is 0 Å². The lowest BCUT2D eigenvalue weighted by molar-refractivity contribution is -0.931. The second kappa shape index (κ2) is 3.80. The van der Waals surface area contributed by atoms with E-state index in [1.807, 2.05) is 5.48 Å². The van der Waals surface area contributed by atoms with Crippen LogP contribution in [0.3, 0.4) is 0 Å². The number of hydroxylamine groups is 1. The second-order valence-corrected chi connectivity index (χ2v) is 2.72. The molecule has 52 valence electrons. The van der Waals surface area contributed by atoms with E-state index in [0.29, 0.717) is 0 Å². The molecule has 8 heavy (non-hydrogen) atoms. The molecule has 0 aliphatic heterocycles. The molecule has 0 aromatic carbocycles. The van der Waals surface area contributed by atoms with Crippen LogP contribution >= 0.6 is 0 Å². The largest absolute Gasteiger partial charge is 1.00 e. The van der Waals surface area contributed by atoms with Crippen LogP contribution in [0.2, 0.25) is 0 Å². The lowest BCUT2D eigenvalue weighted by Crippen LogP contribution is -3.00. The van der Waals surface area contributed by atoms with Crippen LogP contribution in [0.1, 0.15) is 20.8 Å². The molecular weight excluding hydrogens is 109 g/mol. The SMILES string of the molecule is CO[NH2+]C(C)(C)C.[F-]. The molecule has 0 aliphatic rings. The van der Waals surface area contributed by atoms with Crippen molar-refractivity contribution in [1.29, 1.82) is 0 Å². The highest BCUT2D eigenvalue weighted by Crippen LogP contribution is 1.86. The Morgan fingerprint density at radius 1 is 1.25 bits per heavy atom. The highest BCUT2D eigenvalue weighted by molar-refractivity contribution is 4.49. The lowest BCUT2D eigenvalue weighted by atomic mass is 10.1. The molecule has 0 amide bonds. The summed E-state index contributed by atoms with van der Waals surface area (Å²) < 4.78 is 0. The number of rotatable bonds is 1. The molecule has 0 aliphatic carbocycles. The van der Waals surface area contributed by atoms with Gasteiger partial charge in [-0.05, 0) is 20.8 Å². The number of hydrogen-bond donors (Lipinski definition) is 1. The minimum Gasteiger partial charge on any atom is -1.00 e. The van der Waals surface area contributed by atoms with Gasteiger partial charge in [-0.1, -0.05) is 0 Å². The molecule has 0 atom stereocenters. The zero-order chi connectivity index (χ0) is 5.91. The third-order valence-electron chi connectivity index (χ3n) is 0.471. The third kappa shape index (κ3) is 9.28. The molecule has 0 fully saturated rings. The summed E-state index contributed by atoms with van der Waals surface area (Å²) in [5, 5.41) is 0. The predicted molar refractivity (Wildman–Crippen MR) is 28.7 cm³/mol. The van der Waals surface area contributed by atoms with Gasteiger partial charge in [0.25, 0.3) is 0 Å². The molecule has 0 saturated heterocycles. The van der Waals surface area contributed by atoms with Crippen molar-refractivity contribution in [3.8, 4) is 0 Å². The fourth-order valence-corrected chi connectivity index (χ4v) is 0.354. The zero-order valence-electron chi connectivity index (χ0n) is 5.86. The van der Waals surface area contributed by atoms with Gasteiger partial charge in [-0.25, -0.2) is 4.84 Å². The summed E-state index contributed by atoms with van der Waals surface area (Å²) in [6.07, 6.45) is 0. The van der Waals surface area contributed by atoms with E-state index in [2.05, 4.69) is 20.8 Å². The van der Waals surface area contributed by atoms with Gasteiger partial charge in [-0.2, -0.15) is 5.48 Å². The summed E-state index contributed by atoms with van der Waals surface area (Å²) in [5.74, 6) is 0. The number of halogens is 1. The van der Waals surface area contributed by atoms with E-state index in [4.69, 9.17) is 4.84 Å². The van der Waals surface area contributed by atoms with Crippen molar-refractivity contribution in [3.63, 3.8) is 0 Å². The summed E-state index contributed by atoms with van der Waals surface area (Å²) in [6.45, 7) is 6.28. The van der Waals surface area contributed by atoms with Gasteiger partial charge in [0, 0.05) is 0 Å². The van der Waals surface area contributed by atoms with Gasteiger partial charge in [-0.15, -0.1) is 0 Å². The van der Waals surface area contributed by atoms with Gasteiger partial charge in [0.05, 0.1) is 7.11 Å². The van der Waals surface area contributed by atoms with Gasteiger partial charge in [-0.3, -0.25) is 0 Å². The van der Waals surface area contributed by atoms with Gasteiger partial charge in [0.2, 0.25) is 0 Å². The lowest BCUT2D eigenvalue weighted by Gasteiger charge is -2.12. The maximum absolute atomic E-state index is 4.78. The highest BCUT2D eigenvalue weighted by atomic mass is 19.0. The average Bonchev–Trinajstić information content (AvgIpc) is 1.30. The maximum atomic E-state index is 4.78. The number of quaternary nitrogens is 1. The molecule has 0 rings (SSSR count). The molecular formula is C5H14FNO. The second-order valence-electron chi connectivity index (χ2n) is 2.72. The standard InChI is InChI=1S/C5H13NO.FH/c1-5(2,3)6-7-4;/h6H,1-4H3;1H. The minimum atomic E-state index is 0. The summed E-state index contributed by atoms with van der Waals surface area (Å²) in [5.41, 5.74) is 2.02. The molecule has 0 spiro atoms. The van der Waals surface area contributed by atoms with Gasteiger partial charge < -0.3 is 4.70 Å². The molecule has 0 aromatic heterocycles. The molecule has 0 saturated carbocycles. The number of hydrogen-bond acceptors (Lipinski definition) is 1. The summed E-state index contributed by atoms with van der Waals surface area (Å²) in [4.78, 5) is 4.78. The summed E-state index contributed by atoms with van der Waals surface area (Å²) in [7, 11) is 1.67. The first-order chi connectivity index (χ1) is 3.06. The van der Waals surface area contributed by atoms with Crippen molar-refractivity contribution in [2.75, 3.05) is 7.11 Å². The van der Waals surface area contributed by atoms with Crippen LogP contribution in [0.15, 0.2) is 0 Å². The maximum Gasteiger partial charge on any atom is 0.117 e. The Balaban J connectivity index is 0. The molecule has 2 N–H and O–H groups in total. The fraction of sp³-hybridized carbons (Fsp3) is 1.00. The average molecular weight is 123 g/mol. The highest BCUT2D eigenvalue weighted by Gasteiger charge is 2.11. The topological polar surface area (TPSA) is 25.8 Å². The molecule has 0 heterocycles. The molecule has 0 unspecified atom stereocenters. The molecule has 3 heteroatoms. The van der Waals surface area contributed by atoms with Crippen LogP contribution < -0.4 is 10.2 Å². The third-order valence-corrected chi connectivity index (χ3v) is 0.471. The molecule has 0 radical (unpaired) electrons. The Labute approximate surface area is 49.5 Å². The van der Waals surface area contributed by atoms with Gasteiger partial charge >= 0.3 is 0 Å². The number of nitrogens with two attached hydrogens (primary N) is 1. The first kappa shape index (κ1) is 10.8. The van der Waals surface area contributed by atoms with Crippen LogP contribution in [0, 0.1) is 0 Å². The zero-order valence-corrected chi connectivity index (χ0v) is 5.86.